The van der Waals surface area contributed by atoms with Crippen LogP contribution in [0.5, 0.6) is 0 Å². The second-order valence-electron chi connectivity index (χ2n) is 13.1. The lowest BCUT2D eigenvalue weighted by Crippen LogP contribution is -2.46. The quantitative estimate of drug-likeness (QED) is 0.235. The minimum atomic E-state index is -0.608. The normalized spacial score (nSPS) is 21.4. The first kappa shape index (κ1) is 35.6. The van der Waals surface area contributed by atoms with E-state index in [4.69, 9.17) is 4.99 Å². The summed E-state index contributed by atoms with van der Waals surface area (Å²) in [6, 6.07) is 14.2. The Kier molecular flexibility index (Phi) is 10.8. The van der Waals surface area contributed by atoms with Gasteiger partial charge in [0.1, 0.15) is 11.9 Å². The second-order valence-corrected chi connectivity index (χ2v) is 13.1. The van der Waals surface area contributed by atoms with Crippen molar-refractivity contribution in [3.8, 4) is 0 Å². The molecule has 0 bridgehead atoms. The number of fused-ring (bicyclic) bond motifs is 1. The molecule has 12 nitrogen and oxygen atoms in total. The van der Waals surface area contributed by atoms with Gasteiger partial charge in [-0.2, -0.15) is 4.98 Å². The van der Waals surface area contributed by atoms with Crippen molar-refractivity contribution in [1.82, 2.24) is 15.3 Å². The van der Waals surface area contributed by atoms with Crippen LogP contribution in [0.2, 0.25) is 0 Å². The summed E-state index contributed by atoms with van der Waals surface area (Å²) in [6.07, 6.45) is 14.3. The molecule has 0 fully saturated rings. The molecule has 266 valence electrons. The van der Waals surface area contributed by atoms with Crippen molar-refractivity contribution in [1.29, 1.82) is 0 Å². The molecule has 0 radical (unpaired) electrons. The maximum Gasteiger partial charge on any atom is 0.330 e. The average molecular weight is 698 g/mol. The number of nitrogens with one attached hydrogen (secondary N) is 3. The number of hydrogen-bond donors (Lipinski definition) is 3. The minimum Gasteiger partial charge on any atom is -0.331 e. The molecular weight excluding hydrogens is 655 g/mol. The molecule has 2 unspecified atom stereocenters. The summed E-state index contributed by atoms with van der Waals surface area (Å²) in [5.74, 6) is 0.286. The minimum absolute atomic E-state index is 0.000960. The molecule has 52 heavy (non-hydrogen) atoms. The fourth-order valence-corrected chi connectivity index (χ4v) is 6.00. The molecule has 3 aromatic rings. The number of amides is 4. The molecule has 6 rings (SSSR count). The summed E-state index contributed by atoms with van der Waals surface area (Å²) in [4.78, 5) is 62.3. The smallest absolute Gasteiger partial charge is 0.330 e. The Balaban J connectivity index is 1.22. The predicted molar refractivity (Wildman–Crippen MR) is 207 cm³/mol. The van der Waals surface area contributed by atoms with Gasteiger partial charge in [-0.25, -0.2) is 9.78 Å². The van der Waals surface area contributed by atoms with Crippen LogP contribution < -0.4 is 25.8 Å². The van der Waals surface area contributed by atoms with Gasteiger partial charge in [-0.1, -0.05) is 62.7 Å². The molecule has 0 spiro atoms. The van der Waals surface area contributed by atoms with Crippen molar-refractivity contribution in [3.05, 3.63) is 119 Å². The van der Waals surface area contributed by atoms with E-state index in [-0.39, 0.29) is 24.4 Å². The van der Waals surface area contributed by atoms with E-state index in [9.17, 15) is 14.4 Å². The molecule has 4 heterocycles. The third kappa shape index (κ3) is 8.07. The number of carbonyl (C=O) groups excluding carboxylic acids is 3. The fourth-order valence-electron chi connectivity index (χ4n) is 6.00. The highest BCUT2D eigenvalue weighted by Crippen LogP contribution is 2.33. The summed E-state index contributed by atoms with van der Waals surface area (Å²) < 4.78 is 0. The lowest BCUT2D eigenvalue weighted by molar-refractivity contribution is -0.122. The second kappa shape index (κ2) is 15.8. The van der Waals surface area contributed by atoms with Gasteiger partial charge in [0.2, 0.25) is 11.9 Å². The van der Waals surface area contributed by atoms with Crippen molar-refractivity contribution in [2.24, 2.45) is 15.9 Å². The summed E-state index contributed by atoms with van der Waals surface area (Å²) in [5.41, 5.74) is 6.59. The van der Waals surface area contributed by atoms with Crippen molar-refractivity contribution in [2.75, 3.05) is 27.5 Å². The van der Waals surface area contributed by atoms with Crippen LogP contribution in [-0.4, -0.2) is 52.3 Å². The Hall–Kier alpha value is -6.17. The first-order valence-electron chi connectivity index (χ1n) is 17.4. The monoisotopic (exact) mass is 697 g/mol. The van der Waals surface area contributed by atoms with Crippen LogP contribution in [0.15, 0.2) is 113 Å². The van der Waals surface area contributed by atoms with Crippen molar-refractivity contribution in [2.45, 2.75) is 59.5 Å². The number of aryl methyl sites for hydroxylation is 1. The van der Waals surface area contributed by atoms with E-state index in [1.54, 1.807) is 54.7 Å². The molecule has 3 N–H and O–H groups in total. The van der Waals surface area contributed by atoms with Gasteiger partial charge in [0.05, 0.1) is 17.9 Å². The van der Waals surface area contributed by atoms with Crippen LogP contribution in [0, 0.1) is 12.8 Å². The molecule has 2 aromatic carbocycles. The first-order valence-corrected chi connectivity index (χ1v) is 17.4. The summed E-state index contributed by atoms with van der Waals surface area (Å²) in [6.45, 7) is 8.19. The van der Waals surface area contributed by atoms with Gasteiger partial charge in [0.25, 0.3) is 5.91 Å². The van der Waals surface area contributed by atoms with E-state index < -0.39 is 11.9 Å². The molecule has 0 aliphatic carbocycles. The number of aliphatic imine (C=N–C) groups is 2. The molecule has 3 aliphatic heterocycles. The Bertz CT molecular complexity index is 2060. The third-order valence-electron chi connectivity index (χ3n) is 9.31. The van der Waals surface area contributed by atoms with Gasteiger partial charge in [-0.3, -0.25) is 29.4 Å². The first-order chi connectivity index (χ1) is 25.1. The number of anilines is 4. The predicted octanol–water partition coefficient (Wildman–Crippen LogP) is 6.84. The van der Waals surface area contributed by atoms with Crippen molar-refractivity contribution >= 4 is 52.4 Å². The van der Waals surface area contributed by atoms with Gasteiger partial charge < -0.3 is 16.0 Å². The number of benzene rings is 2. The molecule has 1 aromatic heterocycles. The van der Waals surface area contributed by atoms with Crippen LogP contribution in [-0.2, 0) is 16.1 Å². The molecule has 12 heteroatoms. The highest BCUT2D eigenvalue weighted by Gasteiger charge is 2.32. The Morgan fingerprint density at radius 2 is 1.88 bits per heavy atom. The molecule has 3 aliphatic rings. The highest BCUT2D eigenvalue weighted by atomic mass is 16.2. The van der Waals surface area contributed by atoms with Crippen LogP contribution >= 0.6 is 0 Å². The Labute approximate surface area is 303 Å². The number of urea groups is 1. The van der Waals surface area contributed by atoms with Gasteiger partial charge in [0, 0.05) is 53.9 Å². The van der Waals surface area contributed by atoms with Crippen LogP contribution in [0.1, 0.15) is 56.7 Å². The largest absolute Gasteiger partial charge is 0.331 e. The van der Waals surface area contributed by atoms with E-state index >= 15 is 0 Å². The lowest BCUT2D eigenvalue weighted by atomic mass is 9.98. The number of hydrogen-bond acceptors (Lipinski definition) is 8. The summed E-state index contributed by atoms with van der Waals surface area (Å²) in [7, 11) is 1.68. The third-order valence-corrected chi connectivity index (χ3v) is 9.31. The van der Waals surface area contributed by atoms with Crippen LogP contribution in [0.4, 0.5) is 27.9 Å². The molecule has 4 amide bonds. The molecule has 0 saturated carbocycles. The fraction of sp³-hybridized carbons (Fsp3) is 0.275. The average Bonchev–Trinajstić information content (AvgIpc) is 3.19. The Morgan fingerprint density at radius 1 is 1.08 bits per heavy atom. The number of rotatable bonds is 8. The van der Waals surface area contributed by atoms with E-state index in [0.29, 0.717) is 34.4 Å². The van der Waals surface area contributed by atoms with Crippen LogP contribution in [0.25, 0.3) is 0 Å². The van der Waals surface area contributed by atoms with Gasteiger partial charge >= 0.3 is 6.03 Å². The zero-order chi connectivity index (χ0) is 36.8. The van der Waals surface area contributed by atoms with Crippen LogP contribution in [0.3, 0.4) is 0 Å². The molecular formula is C40H43N9O3. The van der Waals surface area contributed by atoms with E-state index in [1.807, 2.05) is 70.2 Å². The molecule has 2 atom stereocenters. The SMILES string of the molecule is CCC(C)C1\N=C(c2ccccc2)/C=C/C=C(C(=O)Nc2ccc(C)c(N3Cc4cnc(NC5=CN=C(C)CC5)nc4N(C)C3=O)c2)\C=C\NC1=O. The molecule has 0 saturated heterocycles. The Morgan fingerprint density at radius 3 is 2.63 bits per heavy atom. The van der Waals surface area contributed by atoms with E-state index in [2.05, 4.69) is 30.9 Å². The zero-order valence-corrected chi connectivity index (χ0v) is 30.1. The number of nitrogens with zero attached hydrogens (tertiary/aromatic N) is 6. The standard InChI is InChI=1S/C40H43N9O3/c1-6-25(2)35-38(51)41-20-19-29(13-10-14-33(46-35)28-11-8-7-9-12-28)37(50)44-31-17-15-26(3)34(21-31)49-24-30-22-43-39(47-36(30)48(5)40(49)52)45-32-18-16-27(4)42-23-32/h7-15,17,19-23,25,35H,6,16,18,24H2,1-5H3,(H,41,51)(H,44,50)(H,43,45,47)/b14-10+,20-19+,29-13+,46-33+. The van der Waals surface area contributed by atoms with Gasteiger partial charge in [-0.15, -0.1) is 0 Å². The van der Waals surface area contributed by atoms with Gasteiger partial charge in [0.15, 0.2) is 0 Å². The maximum absolute atomic E-state index is 13.7. The van der Waals surface area contributed by atoms with E-state index in [1.165, 1.54) is 11.1 Å². The number of allylic oxidation sites excluding steroid dienone is 4. The topological polar surface area (TPSA) is 144 Å². The number of carbonyl (C=O) groups is 3. The summed E-state index contributed by atoms with van der Waals surface area (Å²) in [5, 5.41) is 9.02. The zero-order valence-electron chi connectivity index (χ0n) is 30.1. The van der Waals surface area contributed by atoms with E-state index in [0.717, 1.165) is 47.4 Å². The van der Waals surface area contributed by atoms with Crippen molar-refractivity contribution in [3.63, 3.8) is 0 Å². The lowest BCUT2D eigenvalue weighted by Gasteiger charge is -2.35. The van der Waals surface area contributed by atoms with Crippen molar-refractivity contribution < 1.29 is 14.4 Å². The maximum atomic E-state index is 13.7. The summed E-state index contributed by atoms with van der Waals surface area (Å²) >= 11 is 0. The number of aromatic nitrogens is 2. The van der Waals surface area contributed by atoms with Gasteiger partial charge in [-0.05, 0) is 74.1 Å². The highest BCUT2D eigenvalue weighted by molar-refractivity contribution is 6.11.